The predicted molar refractivity (Wildman–Crippen MR) is 73.5 cm³/mol. The predicted octanol–water partition coefficient (Wildman–Crippen LogP) is 1.40. The zero-order valence-electron chi connectivity index (χ0n) is 11.4. The first-order valence-corrected chi connectivity index (χ1v) is 6.38. The number of rotatable bonds is 5. The molecule has 1 amide bonds. The highest BCUT2D eigenvalue weighted by molar-refractivity contribution is 5.92. The average molecular weight is 264 g/mol. The smallest absolute Gasteiger partial charge is 0.238 e. The van der Waals surface area contributed by atoms with Crippen molar-refractivity contribution in [1.82, 2.24) is 5.32 Å². The van der Waals surface area contributed by atoms with Crippen molar-refractivity contribution in [2.45, 2.75) is 18.9 Å². The van der Waals surface area contributed by atoms with Crippen molar-refractivity contribution >= 4 is 11.6 Å². The minimum atomic E-state index is -0.0915. The average Bonchev–Trinajstić information content (AvgIpc) is 2.84. The second-order valence-electron chi connectivity index (χ2n) is 5.00. The van der Waals surface area contributed by atoms with Gasteiger partial charge in [-0.05, 0) is 25.5 Å². The third-order valence-corrected chi connectivity index (χ3v) is 3.25. The summed E-state index contributed by atoms with van der Waals surface area (Å²) in [5.74, 6) is 0.656. The zero-order valence-corrected chi connectivity index (χ0v) is 11.4. The number of methoxy groups -OCH3 is 1. The van der Waals surface area contributed by atoms with Crippen LogP contribution in [0.1, 0.15) is 13.3 Å². The zero-order chi connectivity index (χ0) is 13.7. The summed E-state index contributed by atoms with van der Waals surface area (Å²) in [6.45, 7) is 3.75. The Hall–Kier alpha value is -1.59. The number of carbonyl (C=O) groups excluding carboxylic acids is 1. The van der Waals surface area contributed by atoms with Crippen LogP contribution < -0.4 is 15.4 Å². The third kappa shape index (κ3) is 3.94. The molecule has 0 radical (unpaired) electrons. The van der Waals surface area contributed by atoms with E-state index in [2.05, 4.69) is 17.6 Å². The standard InChI is InChI=1S/C14H20N2O3/c1-14(6-7-19-10-14)15-9-13(17)16-11-4-3-5-12(8-11)18-2/h3-5,8,15H,6-7,9-10H2,1-2H3,(H,16,17). The summed E-state index contributed by atoms with van der Waals surface area (Å²) >= 11 is 0. The summed E-state index contributed by atoms with van der Waals surface area (Å²) in [5, 5.41) is 6.07. The Morgan fingerprint density at radius 1 is 1.53 bits per heavy atom. The molecule has 2 N–H and O–H groups in total. The van der Waals surface area contributed by atoms with E-state index in [1.54, 1.807) is 13.2 Å². The molecule has 5 heteroatoms. The number of amides is 1. The summed E-state index contributed by atoms with van der Waals surface area (Å²) in [4.78, 5) is 11.9. The molecule has 1 fully saturated rings. The minimum Gasteiger partial charge on any atom is -0.497 e. The highest BCUT2D eigenvalue weighted by atomic mass is 16.5. The largest absolute Gasteiger partial charge is 0.497 e. The van der Waals surface area contributed by atoms with Crippen molar-refractivity contribution in [1.29, 1.82) is 0 Å². The molecule has 0 aromatic heterocycles. The van der Waals surface area contributed by atoms with E-state index in [9.17, 15) is 4.79 Å². The van der Waals surface area contributed by atoms with E-state index in [-0.39, 0.29) is 18.0 Å². The van der Waals surface area contributed by atoms with Gasteiger partial charge in [-0.3, -0.25) is 4.79 Å². The van der Waals surface area contributed by atoms with E-state index in [4.69, 9.17) is 9.47 Å². The van der Waals surface area contributed by atoms with Crippen LogP contribution in [0, 0.1) is 0 Å². The molecule has 1 aromatic rings. The fourth-order valence-electron chi connectivity index (χ4n) is 2.01. The van der Waals surface area contributed by atoms with E-state index in [0.717, 1.165) is 24.5 Å². The van der Waals surface area contributed by atoms with Crippen molar-refractivity contribution in [3.8, 4) is 5.75 Å². The number of carbonyl (C=O) groups is 1. The molecule has 0 saturated carbocycles. The quantitative estimate of drug-likeness (QED) is 0.844. The van der Waals surface area contributed by atoms with Gasteiger partial charge in [-0.25, -0.2) is 0 Å². The third-order valence-electron chi connectivity index (χ3n) is 3.25. The van der Waals surface area contributed by atoms with Crippen LogP contribution in [-0.2, 0) is 9.53 Å². The molecular formula is C14H20N2O3. The van der Waals surface area contributed by atoms with Crippen LogP contribution in [0.5, 0.6) is 5.75 Å². The topological polar surface area (TPSA) is 59.6 Å². The van der Waals surface area contributed by atoms with Crippen LogP contribution in [0.25, 0.3) is 0 Å². The second-order valence-corrected chi connectivity index (χ2v) is 5.00. The fraction of sp³-hybridized carbons (Fsp3) is 0.500. The monoisotopic (exact) mass is 264 g/mol. The SMILES string of the molecule is COc1cccc(NC(=O)CNC2(C)CCOC2)c1. The number of hydrogen-bond donors (Lipinski definition) is 2. The van der Waals surface area contributed by atoms with Crippen LogP contribution in [-0.4, -0.2) is 38.3 Å². The molecule has 1 aliphatic rings. The molecule has 104 valence electrons. The van der Waals surface area contributed by atoms with Gasteiger partial charge >= 0.3 is 0 Å². The maximum absolute atomic E-state index is 11.9. The van der Waals surface area contributed by atoms with Gasteiger partial charge < -0.3 is 20.1 Å². The summed E-state index contributed by atoms with van der Waals surface area (Å²) < 4.78 is 10.4. The van der Waals surface area contributed by atoms with Gasteiger partial charge in [0.1, 0.15) is 5.75 Å². The lowest BCUT2D eigenvalue weighted by atomic mass is 10.0. The first-order chi connectivity index (χ1) is 9.11. The van der Waals surface area contributed by atoms with E-state index in [1.807, 2.05) is 18.2 Å². The van der Waals surface area contributed by atoms with Crippen molar-refractivity contribution in [2.75, 3.05) is 32.2 Å². The number of ether oxygens (including phenoxy) is 2. The Bertz CT molecular complexity index is 442. The van der Waals surface area contributed by atoms with Crippen LogP contribution in [0.3, 0.4) is 0 Å². The van der Waals surface area contributed by atoms with Crippen molar-refractivity contribution < 1.29 is 14.3 Å². The van der Waals surface area contributed by atoms with E-state index in [1.165, 1.54) is 0 Å². The Balaban J connectivity index is 1.83. The van der Waals surface area contributed by atoms with Gasteiger partial charge in [0.25, 0.3) is 0 Å². The Labute approximate surface area is 113 Å². The molecule has 0 aliphatic carbocycles. The van der Waals surface area contributed by atoms with Gasteiger partial charge in [0.15, 0.2) is 0 Å². The minimum absolute atomic E-state index is 0.0682. The highest BCUT2D eigenvalue weighted by Gasteiger charge is 2.29. The molecule has 2 rings (SSSR count). The maximum atomic E-state index is 11.9. The first-order valence-electron chi connectivity index (χ1n) is 6.38. The molecule has 5 nitrogen and oxygen atoms in total. The highest BCUT2D eigenvalue weighted by Crippen LogP contribution is 2.18. The molecule has 0 bridgehead atoms. The fourth-order valence-corrected chi connectivity index (χ4v) is 2.01. The summed E-state index contributed by atoms with van der Waals surface area (Å²) in [7, 11) is 1.60. The van der Waals surface area contributed by atoms with Gasteiger partial charge in [0.05, 0.1) is 20.3 Å². The van der Waals surface area contributed by atoms with Crippen LogP contribution in [0.2, 0.25) is 0 Å². The molecule has 1 saturated heterocycles. The summed E-state index contributed by atoms with van der Waals surface area (Å²) in [5.41, 5.74) is 0.644. The van der Waals surface area contributed by atoms with E-state index < -0.39 is 0 Å². The molecule has 19 heavy (non-hydrogen) atoms. The lowest BCUT2D eigenvalue weighted by molar-refractivity contribution is -0.115. The maximum Gasteiger partial charge on any atom is 0.238 e. The number of benzene rings is 1. The van der Waals surface area contributed by atoms with Crippen molar-refractivity contribution in [3.63, 3.8) is 0 Å². The lowest BCUT2D eigenvalue weighted by Gasteiger charge is -2.23. The van der Waals surface area contributed by atoms with Crippen molar-refractivity contribution in [2.24, 2.45) is 0 Å². The van der Waals surface area contributed by atoms with Gasteiger partial charge in [0.2, 0.25) is 5.91 Å². The normalized spacial score (nSPS) is 22.2. The molecule has 0 spiro atoms. The van der Waals surface area contributed by atoms with E-state index in [0.29, 0.717) is 6.61 Å². The Morgan fingerprint density at radius 3 is 3.05 bits per heavy atom. The molecule has 1 heterocycles. The van der Waals surface area contributed by atoms with Crippen LogP contribution in [0.15, 0.2) is 24.3 Å². The summed E-state index contributed by atoms with van der Waals surface area (Å²) in [6.07, 6.45) is 0.930. The molecule has 1 aromatic carbocycles. The Morgan fingerprint density at radius 2 is 2.37 bits per heavy atom. The van der Waals surface area contributed by atoms with Gasteiger partial charge in [-0.15, -0.1) is 0 Å². The van der Waals surface area contributed by atoms with Crippen LogP contribution >= 0.6 is 0 Å². The summed E-state index contributed by atoms with van der Waals surface area (Å²) in [6, 6.07) is 7.30. The van der Waals surface area contributed by atoms with Gasteiger partial charge in [-0.1, -0.05) is 6.07 Å². The number of nitrogens with one attached hydrogen (secondary N) is 2. The van der Waals surface area contributed by atoms with Gasteiger partial charge in [-0.2, -0.15) is 0 Å². The number of anilines is 1. The van der Waals surface area contributed by atoms with Crippen molar-refractivity contribution in [3.05, 3.63) is 24.3 Å². The van der Waals surface area contributed by atoms with Crippen LogP contribution in [0.4, 0.5) is 5.69 Å². The number of hydrogen-bond acceptors (Lipinski definition) is 4. The molecule has 1 atom stereocenters. The van der Waals surface area contributed by atoms with E-state index >= 15 is 0 Å². The first kappa shape index (κ1) is 13.8. The molecular weight excluding hydrogens is 244 g/mol. The molecule has 1 unspecified atom stereocenters. The lowest BCUT2D eigenvalue weighted by Crippen LogP contribution is -2.46. The van der Waals surface area contributed by atoms with Gasteiger partial charge in [0, 0.05) is 23.9 Å². The Kier molecular flexibility index (Phi) is 4.39. The molecule has 1 aliphatic heterocycles. The second kappa shape index (κ2) is 6.04.